The highest BCUT2D eigenvalue weighted by Crippen LogP contribution is 2.17. The van der Waals surface area contributed by atoms with Crippen LogP contribution in [0.3, 0.4) is 0 Å². The highest BCUT2D eigenvalue weighted by Gasteiger charge is 2.15. The van der Waals surface area contributed by atoms with Crippen molar-refractivity contribution in [1.82, 2.24) is 10.5 Å². The summed E-state index contributed by atoms with van der Waals surface area (Å²) in [6, 6.07) is 1.96. The Morgan fingerprint density at radius 3 is 3.25 bits per heavy atom. The number of nitrogens with one attached hydrogen (secondary N) is 1. The van der Waals surface area contributed by atoms with E-state index in [1.807, 2.05) is 11.8 Å². The van der Waals surface area contributed by atoms with Crippen LogP contribution in [0.15, 0.2) is 10.6 Å². The second-order valence-corrected chi connectivity index (χ2v) is 4.93. The maximum Gasteiger partial charge on any atom is 0.358 e. The number of aromatic nitrogens is 1. The van der Waals surface area contributed by atoms with E-state index in [0.717, 1.165) is 5.75 Å². The molecule has 1 aromatic heterocycles. The van der Waals surface area contributed by atoms with Gasteiger partial charge in [-0.3, -0.25) is 0 Å². The van der Waals surface area contributed by atoms with E-state index in [1.54, 1.807) is 0 Å². The Morgan fingerprint density at radius 2 is 2.62 bits per heavy atom. The van der Waals surface area contributed by atoms with Crippen molar-refractivity contribution in [3.63, 3.8) is 0 Å². The molecule has 1 aromatic rings. The molecule has 0 amide bonds. The van der Waals surface area contributed by atoms with Crippen molar-refractivity contribution in [1.29, 1.82) is 0 Å². The van der Waals surface area contributed by atoms with Crippen LogP contribution in [-0.4, -0.2) is 33.8 Å². The van der Waals surface area contributed by atoms with Crippen molar-refractivity contribution < 1.29 is 14.4 Å². The van der Waals surface area contributed by atoms with Gasteiger partial charge in [-0.15, -0.1) is 0 Å². The minimum atomic E-state index is -1.05. The van der Waals surface area contributed by atoms with E-state index < -0.39 is 5.97 Å². The monoisotopic (exact) mass is 242 g/mol. The molecule has 1 aliphatic heterocycles. The van der Waals surface area contributed by atoms with Crippen molar-refractivity contribution in [2.75, 3.05) is 11.5 Å². The van der Waals surface area contributed by atoms with E-state index in [4.69, 9.17) is 9.63 Å². The molecule has 2 N–H and O–H groups in total. The van der Waals surface area contributed by atoms with E-state index >= 15 is 0 Å². The van der Waals surface area contributed by atoms with Gasteiger partial charge in [-0.1, -0.05) is 5.16 Å². The number of aromatic carboxylic acids is 1. The van der Waals surface area contributed by atoms with Gasteiger partial charge in [0.15, 0.2) is 11.5 Å². The van der Waals surface area contributed by atoms with Gasteiger partial charge in [0.1, 0.15) is 0 Å². The molecule has 1 unspecified atom stereocenters. The zero-order chi connectivity index (χ0) is 11.4. The lowest BCUT2D eigenvalue weighted by atomic mass is 10.2. The highest BCUT2D eigenvalue weighted by atomic mass is 32.2. The summed E-state index contributed by atoms with van der Waals surface area (Å²) in [5.74, 6) is 1.88. The Balaban J connectivity index is 1.81. The van der Waals surface area contributed by atoms with Crippen LogP contribution >= 0.6 is 11.8 Å². The Bertz CT molecular complexity index is 361. The van der Waals surface area contributed by atoms with Crippen molar-refractivity contribution in [3.05, 3.63) is 17.5 Å². The number of hydrogen-bond acceptors (Lipinski definition) is 5. The smallest absolute Gasteiger partial charge is 0.358 e. The minimum Gasteiger partial charge on any atom is -0.476 e. The van der Waals surface area contributed by atoms with Crippen LogP contribution in [0.25, 0.3) is 0 Å². The van der Waals surface area contributed by atoms with E-state index in [2.05, 4.69) is 10.5 Å². The van der Waals surface area contributed by atoms with Crippen LogP contribution < -0.4 is 5.32 Å². The Labute approximate surface area is 97.6 Å². The van der Waals surface area contributed by atoms with Crippen molar-refractivity contribution in [2.24, 2.45) is 0 Å². The third-order valence-corrected chi connectivity index (χ3v) is 3.72. The molecule has 2 rings (SSSR count). The molecule has 1 aliphatic rings. The Morgan fingerprint density at radius 1 is 1.75 bits per heavy atom. The quantitative estimate of drug-likeness (QED) is 0.830. The lowest BCUT2D eigenvalue weighted by molar-refractivity contribution is 0.0685. The van der Waals surface area contributed by atoms with E-state index in [0.29, 0.717) is 18.3 Å². The normalized spacial score (nSPS) is 20.9. The topological polar surface area (TPSA) is 75.4 Å². The third-order valence-electron chi connectivity index (χ3n) is 2.50. The van der Waals surface area contributed by atoms with E-state index in [9.17, 15) is 4.79 Å². The molecule has 6 heteroatoms. The first kappa shape index (κ1) is 11.5. The molecular weight excluding hydrogens is 228 g/mol. The molecule has 88 valence electrons. The summed E-state index contributed by atoms with van der Waals surface area (Å²) in [5, 5.41) is 15.5. The summed E-state index contributed by atoms with van der Waals surface area (Å²) < 4.78 is 4.92. The summed E-state index contributed by atoms with van der Waals surface area (Å²) >= 11 is 1.95. The van der Waals surface area contributed by atoms with Crippen LogP contribution in [0.2, 0.25) is 0 Å². The van der Waals surface area contributed by atoms with Crippen LogP contribution in [0.1, 0.15) is 29.1 Å². The average molecular weight is 242 g/mol. The fraction of sp³-hybridized carbons (Fsp3) is 0.600. The second-order valence-electron chi connectivity index (χ2n) is 3.78. The molecule has 5 nitrogen and oxygen atoms in total. The highest BCUT2D eigenvalue weighted by molar-refractivity contribution is 7.99. The Kier molecular flexibility index (Phi) is 3.84. The number of carbonyl (C=O) groups is 1. The van der Waals surface area contributed by atoms with Crippen LogP contribution in [-0.2, 0) is 6.54 Å². The zero-order valence-corrected chi connectivity index (χ0v) is 9.63. The van der Waals surface area contributed by atoms with Gasteiger partial charge in [-0.2, -0.15) is 11.8 Å². The molecule has 1 saturated heterocycles. The molecule has 0 saturated carbocycles. The zero-order valence-electron chi connectivity index (χ0n) is 8.81. The molecule has 0 bridgehead atoms. The van der Waals surface area contributed by atoms with Crippen molar-refractivity contribution in [2.45, 2.75) is 25.4 Å². The van der Waals surface area contributed by atoms with Gasteiger partial charge >= 0.3 is 5.97 Å². The molecule has 0 aromatic carbocycles. The summed E-state index contributed by atoms with van der Waals surface area (Å²) in [6.07, 6.45) is 2.41. The summed E-state index contributed by atoms with van der Waals surface area (Å²) in [4.78, 5) is 10.6. The van der Waals surface area contributed by atoms with Crippen LogP contribution in [0.5, 0.6) is 0 Å². The lowest BCUT2D eigenvalue weighted by Gasteiger charge is -2.21. The molecule has 2 heterocycles. The number of rotatable bonds is 4. The second kappa shape index (κ2) is 5.36. The molecule has 0 radical (unpaired) electrons. The first-order valence-electron chi connectivity index (χ1n) is 5.26. The number of carboxylic acid groups (broad SMARTS) is 1. The lowest BCUT2D eigenvalue weighted by Crippen LogP contribution is -2.33. The predicted octanol–water partition coefficient (Wildman–Crippen LogP) is 1.36. The molecule has 1 fully saturated rings. The largest absolute Gasteiger partial charge is 0.476 e. The molecule has 0 aliphatic carbocycles. The van der Waals surface area contributed by atoms with Gasteiger partial charge in [-0.05, 0) is 18.6 Å². The SMILES string of the molecule is O=C(O)c1cc(CNC2CCCSC2)on1. The molecule has 1 atom stereocenters. The van der Waals surface area contributed by atoms with Gasteiger partial charge in [-0.25, -0.2) is 4.79 Å². The van der Waals surface area contributed by atoms with Gasteiger partial charge in [0, 0.05) is 17.9 Å². The maximum absolute atomic E-state index is 10.6. The number of hydrogen-bond donors (Lipinski definition) is 2. The van der Waals surface area contributed by atoms with Gasteiger partial charge in [0.2, 0.25) is 0 Å². The molecule has 16 heavy (non-hydrogen) atoms. The number of thioether (sulfide) groups is 1. The maximum atomic E-state index is 10.6. The van der Waals surface area contributed by atoms with Gasteiger partial charge < -0.3 is 14.9 Å². The predicted molar refractivity (Wildman–Crippen MR) is 60.6 cm³/mol. The van der Waals surface area contributed by atoms with Crippen molar-refractivity contribution >= 4 is 17.7 Å². The molecule has 0 spiro atoms. The van der Waals surface area contributed by atoms with Crippen molar-refractivity contribution in [3.8, 4) is 0 Å². The summed E-state index contributed by atoms with van der Waals surface area (Å²) in [5.41, 5.74) is -0.0326. The Hall–Kier alpha value is -1.01. The number of nitrogens with zero attached hydrogens (tertiary/aromatic N) is 1. The average Bonchev–Trinajstić information content (AvgIpc) is 2.76. The van der Waals surface area contributed by atoms with Crippen LogP contribution in [0, 0.1) is 0 Å². The summed E-state index contributed by atoms with van der Waals surface area (Å²) in [6.45, 7) is 0.547. The fourth-order valence-corrected chi connectivity index (χ4v) is 2.75. The van der Waals surface area contributed by atoms with Gasteiger partial charge in [0.05, 0.1) is 6.54 Å². The van der Waals surface area contributed by atoms with E-state index in [1.165, 1.54) is 24.7 Å². The fourth-order valence-electron chi connectivity index (χ4n) is 1.64. The standard InChI is InChI=1S/C10H14N2O3S/c13-10(14)9-4-8(15-12-9)5-11-7-2-1-3-16-6-7/h4,7,11H,1-3,5-6H2,(H,13,14). The summed E-state index contributed by atoms with van der Waals surface area (Å²) in [7, 11) is 0. The van der Waals surface area contributed by atoms with E-state index in [-0.39, 0.29) is 5.69 Å². The minimum absolute atomic E-state index is 0.0326. The van der Waals surface area contributed by atoms with Gasteiger partial charge in [0.25, 0.3) is 0 Å². The molecular formula is C10H14N2O3S. The van der Waals surface area contributed by atoms with Crippen LogP contribution in [0.4, 0.5) is 0 Å². The number of carboxylic acids is 1. The third kappa shape index (κ3) is 2.99. The first-order valence-corrected chi connectivity index (χ1v) is 6.41. The first-order chi connectivity index (χ1) is 7.75.